The van der Waals surface area contributed by atoms with E-state index in [1.165, 1.54) is 0 Å². The molecule has 1 fully saturated rings. The van der Waals surface area contributed by atoms with E-state index < -0.39 is 0 Å². The number of nitrogens with zero attached hydrogens (tertiary/aromatic N) is 2. The quantitative estimate of drug-likeness (QED) is 0.807. The Morgan fingerprint density at radius 1 is 1.20 bits per heavy atom. The molecule has 2 aromatic rings. The summed E-state index contributed by atoms with van der Waals surface area (Å²) in [5, 5.41) is 0. The topological polar surface area (TPSA) is 61.3 Å². The van der Waals surface area contributed by atoms with E-state index in [-0.39, 0.29) is 11.7 Å². The standard InChI is InChI=1S/C20H20N2O3/c1-24-17-8-2-13(3-9-17)12-25-20-18(14-4-5-14)11-21-19(22-20)15-6-7-16(23)10-15/h2-3,6-9,11,14-15H,4-5,10,12H2,1H3. The van der Waals surface area contributed by atoms with Crippen molar-refractivity contribution in [1.29, 1.82) is 0 Å². The van der Waals surface area contributed by atoms with Crippen molar-refractivity contribution in [3.63, 3.8) is 0 Å². The van der Waals surface area contributed by atoms with Crippen LogP contribution in [-0.2, 0) is 11.4 Å². The van der Waals surface area contributed by atoms with E-state index in [0.29, 0.717) is 30.7 Å². The number of benzene rings is 1. The maximum Gasteiger partial charge on any atom is 0.220 e. The van der Waals surface area contributed by atoms with Gasteiger partial charge < -0.3 is 9.47 Å². The van der Waals surface area contributed by atoms with Gasteiger partial charge in [-0.05, 0) is 42.5 Å². The Hall–Kier alpha value is -2.69. The van der Waals surface area contributed by atoms with Gasteiger partial charge in [-0.15, -0.1) is 0 Å². The minimum absolute atomic E-state index is 0.0379. The summed E-state index contributed by atoms with van der Waals surface area (Å²) in [6.45, 7) is 0.444. The van der Waals surface area contributed by atoms with Crippen molar-refractivity contribution in [2.45, 2.75) is 37.7 Å². The second kappa shape index (κ2) is 6.67. The van der Waals surface area contributed by atoms with Crippen LogP contribution in [0, 0.1) is 0 Å². The van der Waals surface area contributed by atoms with Gasteiger partial charge in [0, 0.05) is 24.1 Å². The summed E-state index contributed by atoms with van der Waals surface area (Å²) in [4.78, 5) is 20.6. The fourth-order valence-corrected chi connectivity index (χ4v) is 2.98. The number of aromatic nitrogens is 2. The molecule has 25 heavy (non-hydrogen) atoms. The van der Waals surface area contributed by atoms with Crippen molar-refractivity contribution in [3.8, 4) is 11.6 Å². The smallest absolute Gasteiger partial charge is 0.220 e. The Labute approximate surface area is 146 Å². The maximum absolute atomic E-state index is 11.5. The Kier molecular flexibility index (Phi) is 4.22. The van der Waals surface area contributed by atoms with Gasteiger partial charge in [0.1, 0.15) is 18.2 Å². The zero-order valence-electron chi connectivity index (χ0n) is 14.1. The van der Waals surface area contributed by atoms with Crippen LogP contribution in [0.5, 0.6) is 11.6 Å². The maximum atomic E-state index is 11.5. The van der Waals surface area contributed by atoms with Crippen molar-refractivity contribution >= 4 is 5.78 Å². The molecule has 1 unspecified atom stereocenters. The summed E-state index contributed by atoms with van der Waals surface area (Å²) in [5.74, 6) is 2.72. The van der Waals surface area contributed by atoms with Gasteiger partial charge in [0.15, 0.2) is 5.78 Å². The summed E-state index contributed by atoms with van der Waals surface area (Å²) in [7, 11) is 1.65. The van der Waals surface area contributed by atoms with Crippen molar-refractivity contribution in [3.05, 3.63) is 59.6 Å². The Bertz CT molecular complexity index is 810. The number of rotatable bonds is 6. The van der Waals surface area contributed by atoms with Crippen LogP contribution in [0.1, 0.15) is 48.0 Å². The van der Waals surface area contributed by atoms with Gasteiger partial charge in [-0.3, -0.25) is 4.79 Å². The van der Waals surface area contributed by atoms with Crippen LogP contribution < -0.4 is 9.47 Å². The Morgan fingerprint density at radius 3 is 2.64 bits per heavy atom. The van der Waals surface area contributed by atoms with Crippen LogP contribution in [0.25, 0.3) is 0 Å². The molecule has 5 nitrogen and oxygen atoms in total. The number of methoxy groups -OCH3 is 1. The van der Waals surface area contributed by atoms with E-state index in [2.05, 4.69) is 9.97 Å². The Morgan fingerprint density at radius 2 is 2.00 bits per heavy atom. The third-order valence-corrected chi connectivity index (χ3v) is 4.62. The normalized spacial score (nSPS) is 19.2. The number of allylic oxidation sites excluding steroid dienone is 2. The summed E-state index contributed by atoms with van der Waals surface area (Å²) < 4.78 is 11.2. The van der Waals surface area contributed by atoms with Gasteiger partial charge in [-0.25, -0.2) is 4.98 Å². The largest absolute Gasteiger partial charge is 0.497 e. The van der Waals surface area contributed by atoms with Gasteiger partial charge in [-0.2, -0.15) is 4.98 Å². The molecule has 0 amide bonds. The fraction of sp³-hybridized carbons (Fsp3) is 0.350. The van der Waals surface area contributed by atoms with Crippen molar-refractivity contribution in [1.82, 2.24) is 9.97 Å². The molecule has 5 heteroatoms. The van der Waals surface area contributed by atoms with E-state index in [4.69, 9.17) is 9.47 Å². The molecule has 1 aromatic carbocycles. The first kappa shape index (κ1) is 15.8. The molecule has 0 spiro atoms. The molecule has 1 aromatic heterocycles. The monoisotopic (exact) mass is 336 g/mol. The van der Waals surface area contributed by atoms with E-state index in [1.54, 1.807) is 13.2 Å². The van der Waals surface area contributed by atoms with Gasteiger partial charge in [0.25, 0.3) is 0 Å². The van der Waals surface area contributed by atoms with Crippen molar-refractivity contribution in [2.24, 2.45) is 0 Å². The molecule has 1 saturated carbocycles. The lowest BCUT2D eigenvalue weighted by Crippen LogP contribution is -2.07. The molecular formula is C20H20N2O3. The molecule has 0 N–H and O–H groups in total. The number of hydrogen-bond donors (Lipinski definition) is 0. The van der Waals surface area contributed by atoms with Crippen LogP contribution in [0.4, 0.5) is 0 Å². The number of carbonyl (C=O) groups is 1. The highest BCUT2D eigenvalue weighted by Crippen LogP contribution is 2.44. The zero-order valence-corrected chi connectivity index (χ0v) is 14.1. The lowest BCUT2D eigenvalue weighted by atomic mass is 10.1. The highest BCUT2D eigenvalue weighted by molar-refractivity contribution is 5.93. The summed E-state index contributed by atoms with van der Waals surface area (Å²) in [6, 6.07) is 7.80. The van der Waals surface area contributed by atoms with Crippen LogP contribution in [0.15, 0.2) is 42.6 Å². The van der Waals surface area contributed by atoms with Crippen LogP contribution in [-0.4, -0.2) is 22.9 Å². The molecular weight excluding hydrogens is 316 g/mol. The molecule has 1 atom stereocenters. The predicted molar refractivity (Wildman–Crippen MR) is 92.8 cm³/mol. The first-order valence-electron chi connectivity index (χ1n) is 8.56. The molecule has 4 rings (SSSR count). The number of hydrogen-bond acceptors (Lipinski definition) is 5. The molecule has 0 bridgehead atoms. The predicted octanol–water partition coefficient (Wildman–Crippen LogP) is 3.55. The molecule has 2 aliphatic carbocycles. The summed E-state index contributed by atoms with van der Waals surface area (Å²) in [6.07, 6.45) is 8.12. The van der Waals surface area contributed by atoms with Crippen LogP contribution in [0.2, 0.25) is 0 Å². The van der Waals surface area contributed by atoms with Gasteiger partial charge in [0.05, 0.1) is 7.11 Å². The minimum atomic E-state index is -0.0379. The van der Waals surface area contributed by atoms with Crippen molar-refractivity contribution in [2.75, 3.05) is 7.11 Å². The Balaban J connectivity index is 1.53. The average Bonchev–Trinajstić information content (AvgIpc) is 3.40. The molecule has 0 aliphatic heterocycles. The number of carbonyl (C=O) groups excluding carboxylic acids is 1. The molecule has 2 aliphatic rings. The first-order valence-corrected chi connectivity index (χ1v) is 8.56. The third-order valence-electron chi connectivity index (χ3n) is 4.62. The molecule has 0 radical (unpaired) electrons. The zero-order chi connectivity index (χ0) is 17.2. The fourth-order valence-electron chi connectivity index (χ4n) is 2.98. The van der Waals surface area contributed by atoms with Gasteiger partial charge in [0.2, 0.25) is 5.88 Å². The first-order chi connectivity index (χ1) is 12.2. The lowest BCUT2D eigenvalue weighted by molar-refractivity contribution is -0.114. The summed E-state index contributed by atoms with van der Waals surface area (Å²) in [5.41, 5.74) is 2.13. The van der Waals surface area contributed by atoms with E-state index in [1.807, 2.05) is 36.5 Å². The van der Waals surface area contributed by atoms with E-state index in [9.17, 15) is 4.79 Å². The van der Waals surface area contributed by atoms with Gasteiger partial charge >= 0.3 is 0 Å². The third kappa shape index (κ3) is 3.55. The van der Waals surface area contributed by atoms with Gasteiger partial charge in [-0.1, -0.05) is 18.2 Å². The second-order valence-corrected chi connectivity index (χ2v) is 6.54. The van der Waals surface area contributed by atoms with Crippen LogP contribution in [0.3, 0.4) is 0 Å². The minimum Gasteiger partial charge on any atom is -0.497 e. The SMILES string of the molecule is COc1ccc(COc2nc(C3C=CC(=O)C3)ncc2C2CC2)cc1. The second-order valence-electron chi connectivity index (χ2n) is 6.54. The molecule has 1 heterocycles. The highest BCUT2D eigenvalue weighted by Gasteiger charge is 2.30. The van der Waals surface area contributed by atoms with E-state index >= 15 is 0 Å². The van der Waals surface area contributed by atoms with Crippen molar-refractivity contribution < 1.29 is 14.3 Å². The number of ketones is 1. The van der Waals surface area contributed by atoms with E-state index in [0.717, 1.165) is 29.7 Å². The summed E-state index contributed by atoms with van der Waals surface area (Å²) >= 11 is 0. The molecule has 0 saturated heterocycles. The highest BCUT2D eigenvalue weighted by atomic mass is 16.5. The average molecular weight is 336 g/mol. The number of ether oxygens (including phenoxy) is 2. The van der Waals surface area contributed by atoms with Crippen LogP contribution >= 0.6 is 0 Å². The lowest BCUT2D eigenvalue weighted by Gasteiger charge is -2.13. The molecule has 128 valence electrons.